The maximum absolute atomic E-state index is 11.7. The van der Waals surface area contributed by atoms with Gasteiger partial charge in [0.15, 0.2) is 0 Å². The Morgan fingerprint density at radius 2 is 1.72 bits per heavy atom. The van der Waals surface area contributed by atoms with Crippen LogP contribution in [0.4, 0.5) is 0 Å². The summed E-state index contributed by atoms with van der Waals surface area (Å²) >= 11 is 0. The molecule has 5 heteroatoms. The third kappa shape index (κ3) is 2.50. The van der Waals surface area contributed by atoms with Gasteiger partial charge in [-0.3, -0.25) is 11.1 Å². The summed E-state index contributed by atoms with van der Waals surface area (Å²) in [7, 11) is 0. The van der Waals surface area contributed by atoms with E-state index in [1.807, 2.05) is 0 Å². The first kappa shape index (κ1) is 17.1. The summed E-state index contributed by atoms with van der Waals surface area (Å²) in [6.45, 7) is 3.94. The van der Waals surface area contributed by atoms with Crippen LogP contribution in [0.2, 0.25) is 0 Å². The quantitative estimate of drug-likeness (QED) is 0.680. The molecule has 4 atom stereocenters. The van der Waals surface area contributed by atoms with Gasteiger partial charge in [-0.05, 0) is 18.8 Å². The molecule has 94 valence electrons. The minimum atomic E-state index is -0.435. The Kier molecular flexibility index (Phi) is 5.94. The van der Waals surface area contributed by atoms with Crippen LogP contribution < -0.4 is 11.3 Å². The van der Waals surface area contributed by atoms with Crippen LogP contribution in [0, 0.1) is 24.7 Å². The summed E-state index contributed by atoms with van der Waals surface area (Å²) in [5, 5.41) is 0. The fraction of sp³-hybridized carbons (Fsp3) is 0.692. The van der Waals surface area contributed by atoms with E-state index in [9.17, 15) is 9.59 Å². The maximum Gasteiger partial charge on any atom is 0.0769 e. The van der Waals surface area contributed by atoms with E-state index in [4.69, 9.17) is 4.42 Å². The molecule has 2 radical (unpaired) electrons. The molecule has 2 aliphatic rings. The summed E-state index contributed by atoms with van der Waals surface area (Å²) < 4.78 is 4.70. The van der Waals surface area contributed by atoms with E-state index in [0.29, 0.717) is 23.0 Å². The average Bonchev–Trinajstić information content (AvgIpc) is 2.86. The minimum absolute atomic E-state index is 0. The van der Waals surface area contributed by atoms with Crippen molar-refractivity contribution in [2.45, 2.75) is 39.0 Å². The standard InChI is InChI=1S/C13H16O3.2Y/c1-6-8-3-4-9(5-8)10(6)11-7(2)12(14)16-13(11)15;;/h6,8-10H,3-5H2,1-2H3;;/q-2;;. The smallest absolute Gasteiger partial charge is 0.0769 e. The molecule has 1 heterocycles. The van der Waals surface area contributed by atoms with Crippen molar-refractivity contribution < 1.29 is 69.8 Å². The Bertz CT molecular complexity index is 523. The van der Waals surface area contributed by atoms with Crippen LogP contribution in [-0.4, -0.2) is 0 Å². The molecule has 0 amide bonds. The molecule has 0 N–H and O–H groups in total. The van der Waals surface area contributed by atoms with Crippen LogP contribution in [0.3, 0.4) is 0 Å². The minimum Gasteiger partial charge on any atom is -0.601 e. The van der Waals surface area contributed by atoms with Gasteiger partial charge in [0.05, 0.1) is 11.3 Å². The van der Waals surface area contributed by atoms with Crippen molar-refractivity contribution in [3.63, 3.8) is 0 Å². The second kappa shape index (κ2) is 6.24. The molecule has 1 aromatic rings. The van der Waals surface area contributed by atoms with Crippen molar-refractivity contribution >= 4 is 0 Å². The van der Waals surface area contributed by atoms with Gasteiger partial charge in [0, 0.05) is 65.4 Å². The zero-order chi connectivity index (χ0) is 11.4. The van der Waals surface area contributed by atoms with Crippen LogP contribution in [-0.2, 0) is 65.4 Å². The zero-order valence-corrected chi connectivity index (χ0v) is 16.5. The summed E-state index contributed by atoms with van der Waals surface area (Å²) in [5.74, 6) is 2.15. The summed E-state index contributed by atoms with van der Waals surface area (Å²) in [4.78, 5) is 23.1. The number of rotatable bonds is 1. The summed E-state index contributed by atoms with van der Waals surface area (Å²) in [5.41, 5.74) is 0.418. The summed E-state index contributed by atoms with van der Waals surface area (Å²) in [6, 6.07) is 0. The summed E-state index contributed by atoms with van der Waals surface area (Å²) in [6.07, 6.45) is 3.72. The van der Waals surface area contributed by atoms with E-state index in [-0.39, 0.29) is 77.0 Å². The number of hydrogen-bond donors (Lipinski definition) is 0. The first-order valence-electron chi connectivity index (χ1n) is 6.07. The molecule has 2 bridgehead atoms. The maximum atomic E-state index is 11.7. The van der Waals surface area contributed by atoms with Crippen molar-refractivity contribution in [3.05, 3.63) is 32.0 Å². The van der Waals surface area contributed by atoms with E-state index in [1.54, 1.807) is 6.92 Å². The third-order valence-corrected chi connectivity index (χ3v) is 4.78. The molecule has 3 rings (SSSR count). The van der Waals surface area contributed by atoms with Crippen molar-refractivity contribution in [3.8, 4) is 0 Å². The molecular weight excluding hydrogens is 382 g/mol. The second-order valence-electron chi connectivity index (χ2n) is 5.43. The first-order chi connectivity index (χ1) is 7.59. The molecule has 0 aromatic carbocycles. The monoisotopic (exact) mass is 398 g/mol. The van der Waals surface area contributed by atoms with Crippen LogP contribution in [0.25, 0.3) is 0 Å². The molecule has 0 saturated heterocycles. The molecular formula is C13H16O3Y2-2. The molecule has 2 saturated carbocycles. The van der Waals surface area contributed by atoms with Crippen molar-refractivity contribution in [2.24, 2.45) is 17.8 Å². The normalized spacial score (nSPS) is 33.0. The van der Waals surface area contributed by atoms with Crippen LogP contribution >= 0.6 is 0 Å². The molecule has 3 nitrogen and oxygen atoms in total. The third-order valence-electron chi connectivity index (χ3n) is 4.78. The van der Waals surface area contributed by atoms with Crippen molar-refractivity contribution in [1.29, 1.82) is 0 Å². The van der Waals surface area contributed by atoms with Gasteiger partial charge in [0.1, 0.15) is 0 Å². The van der Waals surface area contributed by atoms with E-state index in [0.717, 1.165) is 5.92 Å². The predicted octanol–water partition coefficient (Wildman–Crippen LogP) is 1.89. The van der Waals surface area contributed by atoms with Gasteiger partial charge >= 0.3 is 0 Å². The molecule has 1 aromatic heterocycles. The molecule has 4 unspecified atom stereocenters. The van der Waals surface area contributed by atoms with E-state index in [1.165, 1.54) is 19.3 Å². The van der Waals surface area contributed by atoms with Crippen LogP contribution in [0.15, 0.2) is 14.0 Å². The van der Waals surface area contributed by atoms with Crippen LogP contribution in [0.5, 0.6) is 0 Å². The first-order valence-corrected chi connectivity index (χ1v) is 6.07. The second-order valence-corrected chi connectivity index (χ2v) is 5.43. The van der Waals surface area contributed by atoms with Gasteiger partial charge in [-0.1, -0.05) is 25.2 Å². The Morgan fingerprint density at radius 1 is 1.11 bits per heavy atom. The number of hydrogen-bond acceptors (Lipinski definition) is 3. The van der Waals surface area contributed by atoms with E-state index < -0.39 is 5.63 Å². The Hall–Kier alpha value is 1.09. The van der Waals surface area contributed by atoms with Crippen LogP contribution in [0.1, 0.15) is 43.2 Å². The SMILES string of the molecule is C[c-]1c(=O)oc(=O)[c-]1C1C2CCC(C2)C1C.[Y].[Y]. The van der Waals surface area contributed by atoms with E-state index in [2.05, 4.69) is 6.92 Å². The van der Waals surface area contributed by atoms with Gasteiger partial charge in [0.25, 0.3) is 0 Å². The zero-order valence-electron chi connectivity index (χ0n) is 10.8. The molecule has 0 aliphatic heterocycles. The van der Waals surface area contributed by atoms with Gasteiger partial charge in [0.2, 0.25) is 0 Å². The molecule has 2 aliphatic carbocycles. The van der Waals surface area contributed by atoms with Crippen molar-refractivity contribution in [2.75, 3.05) is 0 Å². The molecule has 0 spiro atoms. The fourth-order valence-corrected chi connectivity index (χ4v) is 3.94. The van der Waals surface area contributed by atoms with Gasteiger partial charge in [-0.25, -0.2) is 0 Å². The van der Waals surface area contributed by atoms with Gasteiger partial charge in [-0.15, -0.1) is 12.8 Å². The topological polar surface area (TPSA) is 47.3 Å². The fourth-order valence-electron chi connectivity index (χ4n) is 3.94. The average molecular weight is 398 g/mol. The van der Waals surface area contributed by atoms with Gasteiger partial charge < -0.3 is 14.0 Å². The van der Waals surface area contributed by atoms with Crippen molar-refractivity contribution in [1.82, 2.24) is 0 Å². The molecule has 2 fully saturated rings. The van der Waals surface area contributed by atoms with Gasteiger partial charge in [-0.2, -0.15) is 0 Å². The largest absolute Gasteiger partial charge is 0.601 e. The number of fused-ring (bicyclic) bond motifs is 2. The Balaban J connectivity index is 0.000000810. The Morgan fingerprint density at radius 3 is 2.17 bits per heavy atom. The Labute approximate surface area is 157 Å². The predicted molar refractivity (Wildman–Crippen MR) is 59.9 cm³/mol. The number of furan rings is 1. The molecule has 18 heavy (non-hydrogen) atoms. The van der Waals surface area contributed by atoms with E-state index >= 15 is 0 Å².